The van der Waals surface area contributed by atoms with E-state index in [0.717, 1.165) is 5.57 Å². The van der Waals surface area contributed by atoms with Gasteiger partial charge in [-0.05, 0) is 12.8 Å². The first kappa shape index (κ1) is 14.5. The van der Waals surface area contributed by atoms with Gasteiger partial charge in [-0.15, -0.1) is 0 Å². The summed E-state index contributed by atoms with van der Waals surface area (Å²) in [6.07, 6.45) is 0.692. The van der Waals surface area contributed by atoms with Gasteiger partial charge in [0.2, 0.25) is 0 Å². The van der Waals surface area contributed by atoms with E-state index in [1.807, 2.05) is 6.92 Å². The van der Waals surface area contributed by atoms with Gasteiger partial charge in [0.1, 0.15) is 6.04 Å². The van der Waals surface area contributed by atoms with Crippen LogP contribution in [0.1, 0.15) is 27.2 Å². The van der Waals surface area contributed by atoms with Gasteiger partial charge in [0.05, 0.1) is 0 Å². The molecule has 16 heavy (non-hydrogen) atoms. The SMILES string of the molecule is C=C(C)CNC(=O)N[C@H](C(=O)O)C(C)CC. The Kier molecular flexibility index (Phi) is 6.22. The number of carboxylic acid groups (broad SMARTS) is 1. The second kappa shape index (κ2) is 6.87. The molecular weight excluding hydrogens is 208 g/mol. The molecule has 0 aromatic heterocycles. The zero-order chi connectivity index (χ0) is 12.7. The van der Waals surface area contributed by atoms with Gasteiger partial charge in [0.25, 0.3) is 0 Å². The second-order valence-electron chi connectivity index (χ2n) is 3.99. The molecule has 0 aliphatic carbocycles. The van der Waals surface area contributed by atoms with Crippen molar-refractivity contribution in [1.29, 1.82) is 0 Å². The summed E-state index contributed by atoms with van der Waals surface area (Å²) in [5, 5.41) is 13.9. The highest BCUT2D eigenvalue weighted by Crippen LogP contribution is 2.07. The summed E-state index contributed by atoms with van der Waals surface area (Å²) in [6, 6.07) is -1.33. The van der Waals surface area contributed by atoms with E-state index in [1.54, 1.807) is 13.8 Å². The van der Waals surface area contributed by atoms with E-state index in [-0.39, 0.29) is 5.92 Å². The van der Waals surface area contributed by atoms with Gasteiger partial charge >= 0.3 is 12.0 Å². The molecule has 0 saturated heterocycles. The third-order valence-corrected chi connectivity index (χ3v) is 2.32. The Morgan fingerprint density at radius 1 is 1.44 bits per heavy atom. The maximum atomic E-state index is 11.4. The van der Waals surface area contributed by atoms with Crippen LogP contribution in [0.5, 0.6) is 0 Å². The molecule has 1 unspecified atom stereocenters. The molecule has 5 nitrogen and oxygen atoms in total. The lowest BCUT2D eigenvalue weighted by molar-refractivity contribution is -0.140. The molecule has 0 radical (unpaired) electrons. The summed E-state index contributed by atoms with van der Waals surface area (Å²) in [5.41, 5.74) is 0.811. The predicted octanol–water partition coefficient (Wildman–Crippen LogP) is 1.36. The van der Waals surface area contributed by atoms with Gasteiger partial charge in [-0.25, -0.2) is 9.59 Å². The quantitative estimate of drug-likeness (QED) is 0.601. The Hall–Kier alpha value is -1.52. The van der Waals surface area contributed by atoms with E-state index in [2.05, 4.69) is 17.2 Å². The monoisotopic (exact) mass is 228 g/mol. The van der Waals surface area contributed by atoms with Crippen molar-refractivity contribution in [2.75, 3.05) is 6.54 Å². The Bertz CT molecular complexity index is 276. The highest BCUT2D eigenvalue weighted by molar-refractivity contribution is 5.82. The van der Waals surface area contributed by atoms with Gasteiger partial charge in [-0.3, -0.25) is 0 Å². The van der Waals surface area contributed by atoms with Crippen molar-refractivity contribution in [2.45, 2.75) is 33.2 Å². The minimum Gasteiger partial charge on any atom is -0.480 e. The lowest BCUT2D eigenvalue weighted by Crippen LogP contribution is -2.49. The van der Waals surface area contributed by atoms with Crippen LogP contribution < -0.4 is 10.6 Å². The molecule has 0 rings (SSSR count). The number of carbonyl (C=O) groups excluding carboxylic acids is 1. The molecule has 0 aromatic rings. The average Bonchev–Trinajstić information content (AvgIpc) is 2.21. The number of carbonyl (C=O) groups is 2. The zero-order valence-electron chi connectivity index (χ0n) is 10.0. The largest absolute Gasteiger partial charge is 0.480 e. The highest BCUT2D eigenvalue weighted by Gasteiger charge is 2.24. The number of aliphatic carboxylic acids is 1. The fourth-order valence-electron chi connectivity index (χ4n) is 1.11. The molecule has 0 saturated carbocycles. The molecule has 5 heteroatoms. The number of amides is 2. The van der Waals surface area contributed by atoms with Gasteiger partial charge in [0.15, 0.2) is 0 Å². The van der Waals surface area contributed by atoms with Crippen LogP contribution in [-0.2, 0) is 4.79 Å². The Morgan fingerprint density at radius 2 is 2.00 bits per heavy atom. The molecule has 92 valence electrons. The standard InChI is InChI=1S/C11H20N2O3/c1-5-8(4)9(10(14)15)13-11(16)12-6-7(2)3/h8-9H,2,5-6H2,1,3-4H3,(H,14,15)(H2,12,13,16)/t8?,9-/m0/s1. The normalized spacial score (nSPS) is 13.7. The molecule has 0 fully saturated rings. The van der Waals surface area contributed by atoms with E-state index < -0.39 is 18.0 Å². The Labute approximate surface area is 95.9 Å². The second-order valence-corrected chi connectivity index (χ2v) is 3.99. The van der Waals surface area contributed by atoms with Crippen LogP contribution in [0.4, 0.5) is 4.79 Å². The number of carboxylic acids is 1. The molecule has 0 aliphatic heterocycles. The molecule has 3 N–H and O–H groups in total. The molecular formula is C11H20N2O3. The van der Waals surface area contributed by atoms with Crippen molar-refractivity contribution < 1.29 is 14.7 Å². The molecule has 2 atom stereocenters. The summed E-state index contributed by atoms with van der Waals surface area (Å²) in [6.45, 7) is 9.43. The summed E-state index contributed by atoms with van der Waals surface area (Å²) in [7, 11) is 0. The first-order valence-electron chi connectivity index (χ1n) is 5.30. The molecule has 2 amide bonds. The number of hydrogen-bond acceptors (Lipinski definition) is 2. The number of nitrogens with one attached hydrogen (secondary N) is 2. The van der Waals surface area contributed by atoms with E-state index in [1.165, 1.54) is 0 Å². The Balaban J connectivity index is 4.24. The van der Waals surface area contributed by atoms with Gasteiger partial charge < -0.3 is 15.7 Å². The lowest BCUT2D eigenvalue weighted by atomic mass is 9.99. The van der Waals surface area contributed by atoms with Crippen molar-refractivity contribution in [2.24, 2.45) is 5.92 Å². The summed E-state index contributed by atoms with van der Waals surface area (Å²) < 4.78 is 0. The average molecular weight is 228 g/mol. The van der Waals surface area contributed by atoms with Crippen molar-refractivity contribution in [1.82, 2.24) is 10.6 Å². The van der Waals surface area contributed by atoms with E-state index >= 15 is 0 Å². The minimum atomic E-state index is -1.01. The van der Waals surface area contributed by atoms with E-state index in [4.69, 9.17) is 5.11 Å². The first-order chi connectivity index (χ1) is 7.38. The molecule has 0 aliphatic rings. The number of urea groups is 1. The van der Waals surface area contributed by atoms with Gasteiger partial charge in [-0.1, -0.05) is 32.4 Å². The topological polar surface area (TPSA) is 78.4 Å². The summed E-state index contributed by atoms with van der Waals surface area (Å²) >= 11 is 0. The van der Waals surface area contributed by atoms with Crippen LogP contribution in [0.15, 0.2) is 12.2 Å². The lowest BCUT2D eigenvalue weighted by Gasteiger charge is -2.20. The van der Waals surface area contributed by atoms with Crippen molar-refractivity contribution in [3.8, 4) is 0 Å². The van der Waals surface area contributed by atoms with Crippen LogP contribution in [0, 0.1) is 5.92 Å². The summed E-state index contributed by atoms with van der Waals surface area (Å²) in [5.74, 6) is -1.12. The van der Waals surface area contributed by atoms with Crippen molar-refractivity contribution in [3.63, 3.8) is 0 Å². The van der Waals surface area contributed by atoms with Crippen LogP contribution in [-0.4, -0.2) is 29.7 Å². The highest BCUT2D eigenvalue weighted by atomic mass is 16.4. The van der Waals surface area contributed by atoms with Crippen molar-refractivity contribution >= 4 is 12.0 Å². The number of hydrogen-bond donors (Lipinski definition) is 3. The predicted molar refractivity (Wildman–Crippen MR) is 62.2 cm³/mol. The smallest absolute Gasteiger partial charge is 0.326 e. The van der Waals surface area contributed by atoms with Crippen LogP contribution in [0.2, 0.25) is 0 Å². The van der Waals surface area contributed by atoms with Gasteiger partial charge in [-0.2, -0.15) is 0 Å². The molecule has 0 heterocycles. The molecule has 0 bridgehead atoms. The maximum Gasteiger partial charge on any atom is 0.326 e. The molecule has 0 aromatic carbocycles. The minimum absolute atomic E-state index is 0.104. The molecule has 0 spiro atoms. The van der Waals surface area contributed by atoms with Crippen LogP contribution >= 0.6 is 0 Å². The zero-order valence-corrected chi connectivity index (χ0v) is 10.0. The fraction of sp³-hybridized carbons (Fsp3) is 0.636. The fourth-order valence-corrected chi connectivity index (χ4v) is 1.11. The maximum absolute atomic E-state index is 11.4. The third-order valence-electron chi connectivity index (χ3n) is 2.32. The first-order valence-corrected chi connectivity index (χ1v) is 5.30. The summed E-state index contributed by atoms with van der Waals surface area (Å²) in [4.78, 5) is 22.3. The van der Waals surface area contributed by atoms with E-state index in [9.17, 15) is 9.59 Å². The Morgan fingerprint density at radius 3 is 2.38 bits per heavy atom. The van der Waals surface area contributed by atoms with E-state index in [0.29, 0.717) is 13.0 Å². The van der Waals surface area contributed by atoms with Crippen LogP contribution in [0.3, 0.4) is 0 Å². The number of rotatable bonds is 6. The van der Waals surface area contributed by atoms with Crippen LogP contribution in [0.25, 0.3) is 0 Å². The van der Waals surface area contributed by atoms with Gasteiger partial charge in [0, 0.05) is 6.54 Å². The third kappa shape index (κ3) is 5.38. The van der Waals surface area contributed by atoms with Crippen molar-refractivity contribution in [3.05, 3.63) is 12.2 Å².